The van der Waals surface area contributed by atoms with Crippen LogP contribution < -0.4 is 5.46 Å². The van der Waals surface area contributed by atoms with Crippen molar-refractivity contribution in [3.05, 3.63) is 29.8 Å². The van der Waals surface area contributed by atoms with Crippen LogP contribution in [0.25, 0.3) is 0 Å². The van der Waals surface area contributed by atoms with Crippen LogP contribution in [-0.4, -0.2) is 28.9 Å². The Morgan fingerprint density at radius 1 is 1.38 bits per heavy atom. The highest BCUT2D eigenvalue weighted by molar-refractivity contribution is 6.58. The summed E-state index contributed by atoms with van der Waals surface area (Å²) in [6.07, 6.45) is 0. The van der Waals surface area contributed by atoms with Crippen LogP contribution in [0.15, 0.2) is 24.3 Å². The molecule has 4 heteroatoms. The average molecular weight is 180 g/mol. The van der Waals surface area contributed by atoms with E-state index < -0.39 is 7.12 Å². The molecule has 0 heterocycles. The third kappa shape index (κ3) is 2.55. The van der Waals surface area contributed by atoms with Gasteiger partial charge in [-0.2, -0.15) is 0 Å². The molecule has 0 aromatic heterocycles. The second-order valence-corrected chi connectivity index (χ2v) is 3.13. The van der Waals surface area contributed by atoms with Crippen LogP contribution >= 0.6 is 0 Å². The molecule has 0 aliphatic heterocycles. The Hall–Kier alpha value is -0.835. The molecule has 1 unspecified atom stereocenters. The Morgan fingerprint density at radius 2 is 2.08 bits per heavy atom. The molecule has 0 radical (unpaired) electrons. The van der Waals surface area contributed by atoms with Crippen LogP contribution in [0.3, 0.4) is 0 Å². The highest BCUT2D eigenvalue weighted by atomic mass is 16.4. The fourth-order valence-corrected chi connectivity index (χ4v) is 1.13. The lowest BCUT2D eigenvalue weighted by atomic mass is 9.79. The molecular weight excluding hydrogens is 167 g/mol. The maximum atomic E-state index is 8.90. The van der Waals surface area contributed by atoms with Gasteiger partial charge in [0.15, 0.2) is 0 Å². The summed E-state index contributed by atoms with van der Waals surface area (Å²) < 4.78 is 0. The molecule has 0 bridgehead atoms. The minimum absolute atomic E-state index is 0.0266. The maximum Gasteiger partial charge on any atom is 0.488 e. The zero-order chi connectivity index (χ0) is 9.84. The molecule has 0 spiro atoms. The van der Waals surface area contributed by atoms with E-state index in [9.17, 15) is 0 Å². The van der Waals surface area contributed by atoms with Gasteiger partial charge in [-0.1, -0.05) is 31.2 Å². The highest BCUT2D eigenvalue weighted by Crippen LogP contribution is 2.11. The van der Waals surface area contributed by atoms with Gasteiger partial charge in [-0.05, 0) is 11.0 Å². The topological polar surface area (TPSA) is 60.7 Å². The third-order valence-corrected chi connectivity index (χ3v) is 2.05. The second-order valence-electron chi connectivity index (χ2n) is 3.13. The normalized spacial score (nSPS) is 12.6. The first-order chi connectivity index (χ1) is 6.15. The molecule has 0 amide bonds. The number of aliphatic hydroxyl groups excluding tert-OH is 1. The number of hydrogen-bond donors (Lipinski definition) is 3. The van der Waals surface area contributed by atoms with Crippen molar-refractivity contribution in [3.8, 4) is 0 Å². The summed E-state index contributed by atoms with van der Waals surface area (Å²) in [5.74, 6) is 0.0266. The van der Waals surface area contributed by atoms with Crippen molar-refractivity contribution in [3.63, 3.8) is 0 Å². The summed E-state index contributed by atoms with van der Waals surface area (Å²) in [5.41, 5.74) is 1.37. The lowest BCUT2D eigenvalue weighted by Crippen LogP contribution is -2.30. The molecule has 3 nitrogen and oxygen atoms in total. The Labute approximate surface area is 77.8 Å². The molecule has 0 saturated carbocycles. The first-order valence-corrected chi connectivity index (χ1v) is 4.22. The van der Waals surface area contributed by atoms with Crippen molar-refractivity contribution >= 4 is 12.6 Å². The predicted molar refractivity (Wildman–Crippen MR) is 51.8 cm³/mol. The van der Waals surface area contributed by atoms with E-state index >= 15 is 0 Å². The maximum absolute atomic E-state index is 8.90. The van der Waals surface area contributed by atoms with E-state index in [-0.39, 0.29) is 12.5 Å². The van der Waals surface area contributed by atoms with E-state index in [0.29, 0.717) is 5.46 Å². The molecular formula is C9H13BO3. The van der Waals surface area contributed by atoms with Crippen molar-refractivity contribution in [1.29, 1.82) is 0 Å². The summed E-state index contributed by atoms with van der Waals surface area (Å²) >= 11 is 0. The van der Waals surface area contributed by atoms with E-state index in [0.717, 1.165) is 5.56 Å². The fourth-order valence-electron chi connectivity index (χ4n) is 1.13. The summed E-state index contributed by atoms with van der Waals surface area (Å²) in [4.78, 5) is 0. The highest BCUT2D eigenvalue weighted by Gasteiger charge is 2.12. The van der Waals surface area contributed by atoms with Crippen LogP contribution in [-0.2, 0) is 0 Å². The average Bonchev–Trinajstić information content (AvgIpc) is 2.17. The standard InChI is InChI=1S/C9H13BO3/c1-7(6-11)8-3-2-4-9(5-8)10(12)13/h2-5,7,11-13H,6H2,1H3. The van der Waals surface area contributed by atoms with Gasteiger partial charge in [0, 0.05) is 12.5 Å². The molecule has 0 saturated heterocycles. The SMILES string of the molecule is CC(CO)c1cccc(B(O)O)c1. The summed E-state index contributed by atoms with van der Waals surface area (Å²) in [5, 5.41) is 26.7. The Balaban J connectivity index is 2.91. The smallest absolute Gasteiger partial charge is 0.423 e. The Kier molecular flexibility index (Phi) is 3.48. The van der Waals surface area contributed by atoms with Crippen molar-refractivity contribution in [1.82, 2.24) is 0 Å². The van der Waals surface area contributed by atoms with E-state index in [1.807, 2.05) is 13.0 Å². The fraction of sp³-hybridized carbons (Fsp3) is 0.333. The second kappa shape index (κ2) is 4.41. The first kappa shape index (κ1) is 10.2. The molecule has 1 aromatic rings. The molecule has 1 atom stereocenters. The van der Waals surface area contributed by atoms with Gasteiger partial charge in [0.2, 0.25) is 0 Å². The van der Waals surface area contributed by atoms with Gasteiger partial charge in [-0.3, -0.25) is 0 Å². The Morgan fingerprint density at radius 3 is 2.62 bits per heavy atom. The molecule has 0 aliphatic carbocycles. The molecule has 3 N–H and O–H groups in total. The number of aliphatic hydroxyl groups is 1. The number of benzene rings is 1. The first-order valence-electron chi connectivity index (χ1n) is 4.22. The van der Waals surface area contributed by atoms with Gasteiger partial charge in [-0.25, -0.2) is 0 Å². The van der Waals surface area contributed by atoms with Crippen molar-refractivity contribution in [2.75, 3.05) is 6.61 Å². The molecule has 0 fully saturated rings. The van der Waals surface area contributed by atoms with Crippen LogP contribution in [0.1, 0.15) is 18.4 Å². The van der Waals surface area contributed by atoms with Crippen LogP contribution in [0, 0.1) is 0 Å². The zero-order valence-corrected chi connectivity index (χ0v) is 7.51. The molecule has 70 valence electrons. The van der Waals surface area contributed by atoms with E-state index in [1.54, 1.807) is 18.2 Å². The summed E-state index contributed by atoms with van der Waals surface area (Å²) in [6, 6.07) is 6.92. The molecule has 0 aliphatic rings. The van der Waals surface area contributed by atoms with E-state index in [1.165, 1.54) is 0 Å². The van der Waals surface area contributed by atoms with Crippen molar-refractivity contribution < 1.29 is 15.2 Å². The lowest BCUT2D eigenvalue weighted by Gasteiger charge is -2.09. The zero-order valence-electron chi connectivity index (χ0n) is 7.51. The van der Waals surface area contributed by atoms with Crippen LogP contribution in [0.5, 0.6) is 0 Å². The monoisotopic (exact) mass is 180 g/mol. The van der Waals surface area contributed by atoms with E-state index in [2.05, 4.69) is 0 Å². The molecule has 1 rings (SSSR count). The summed E-state index contributed by atoms with van der Waals surface area (Å²) in [7, 11) is -1.44. The van der Waals surface area contributed by atoms with Gasteiger partial charge in [0.25, 0.3) is 0 Å². The van der Waals surface area contributed by atoms with Gasteiger partial charge in [0.1, 0.15) is 0 Å². The van der Waals surface area contributed by atoms with Gasteiger partial charge >= 0.3 is 7.12 Å². The summed E-state index contributed by atoms with van der Waals surface area (Å²) in [6.45, 7) is 1.94. The number of rotatable bonds is 3. The quantitative estimate of drug-likeness (QED) is 0.547. The number of hydrogen-bond acceptors (Lipinski definition) is 3. The van der Waals surface area contributed by atoms with Crippen molar-refractivity contribution in [2.45, 2.75) is 12.8 Å². The van der Waals surface area contributed by atoms with Gasteiger partial charge in [-0.15, -0.1) is 0 Å². The lowest BCUT2D eigenvalue weighted by molar-refractivity contribution is 0.273. The van der Waals surface area contributed by atoms with Gasteiger partial charge in [0.05, 0.1) is 0 Å². The van der Waals surface area contributed by atoms with Crippen LogP contribution in [0.4, 0.5) is 0 Å². The Bertz CT molecular complexity index is 275. The van der Waals surface area contributed by atoms with Crippen LogP contribution in [0.2, 0.25) is 0 Å². The minimum Gasteiger partial charge on any atom is -0.423 e. The minimum atomic E-state index is -1.44. The largest absolute Gasteiger partial charge is 0.488 e. The predicted octanol–water partition coefficient (Wildman–Crippen LogP) is -0.538. The molecule has 13 heavy (non-hydrogen) atoms. The third-order valence-electron chi connectivity index (χ3n) is 2.05. The van der Waals surface area contributed by atoms with Gasteiger partial charge < -0.3 is 15.2 Å². The van der Waals surface area contributed by atoms with E-state index in [4.69, 9.17) is 15.2 Å². The van der Waals surface area contributed by atoms with Crippen molar-refractivity contribution in [2.24, 2.45) is 0 Å². The molecule has 1 aromatic carbocycles.